The van der Waals surface area contributed by atoms with Crippen LogP contribution in [-0.2, 0) is 0 Å². The number of benzene rings is 1. The average Bonchev–Trinajstić information content (AvgIpc) is 2.33. The molecule has 0 spiro atoms. The summed E-state index contributed by atoms with van der Waals surface area (Å²) in [7, 11) is 1.37. The van der Waals surface area contributed by atoms with Gasteiger partial charge in [-0.2, -0.15) is 0 Å². The molecule has 0 aromatic heterocycles. The zero-order valence-corrected chi connectivity index (χ0v) is 9.22. The molecule has 0 radical (unpaired) electrons. The summed E-state index contributed by atoms with van der Waals surface area (Å²) in [5.74, 6) is -0.886. The molecule has 1 N–H and O–H groups in total. The maximum atomic E-state index is 13.7. The highest BCUT2D eigenvalue weighted by molar-refractivity contribution is 5.38. The number of nitrogens with one attached hydrogen (secondary N) is 1. The second kappa shape index (κ2) is 4.78. The van der Waals surface area contributed by atoms with Crippen molar-refractivity contribution in [1.82, 2.24) is 5.32 Å². The quantitative estimate of drug-likeness (QED) is 0.838. The molecule has 2 rings (SSSR count). The molecule has 0 saturated carbocycles. The minimum absolute atomic E-state index is 0.0272. The van der Waals surface area contributed by atoms with Crippen molar-refractivity contribution < 1.29 is 13.5 Å². The number of ether oxygens (including phenoxy) is 1. The molecule has 88 valence electrons. The Morgan fingerprint density at radius 1 is 1.25 bits per heavy atom. The van der Waals surface area contributed by atoms with Crippen molar-refractivity contribution in [2.75, 3.05) is 13.7 Å². The Hall–Kier alpha value is -1.16. The van der Waals surface area contributed by atoms with E-state index < -0.39 is 11.6 Å². The number of hydrogen-bond donors (Lipinski definition) is 1. The van der Waals surface area contributed by atoms with Gasteiger partial charge in [-0.05, 0) is 31.5 Å². The summed E-state index contributed by atoms with van der Waals surface area (Å²) in [5.41, 5.74) is 0.321. The highest BCUT2D eigenvalue weighted by Crippen LogP contribution is 2.34. The molecule has 1 aliphatic heterocycles. The fourth-order valence-corrected chi connectivity index (χ4v) is 2.18. The minimum Gasteiger partial charge on any atom is -0.493 e. The number of hydrogen-bond acceptors (Lipinski definition) is 2. The van der Waals surface area contributed by atoms with Gasteiger partial charge in [0.1, 0.15) is 5.82 Å². The topological polar surface area (TPSA) is 21.3 Å². The van der Waals surface area contributed by atoms with Gasteiger partial charge in [0.15, 0.2) is 11.6 Å². The Morgan fingerprint density at radius 3 is 2.62 bits per heavy atom. The summed E-state index contributed by atoms with van der Waals surface area (Å²) in [6.07, 6.45) is 2.92. The highest BCUT2D eigenvalue weighted by Gasteiger charge is 2.24. The Morgan fingerprint density at radius 2 is 2.00 bits per heavy atom. The van der Waals surface area contributed by atoms with E-state index in [4.69, 9.17) is 4.74 Å². The third kappa shape index (κ3) is 2.02. The normalized spacial score (nSPS) is 20.8. The van der Waals surface area contributed by atoms with Crippen molar-refractivity contribution in [3.8, 4) is 5.75 Å². The second-order valence-electron chi connectivity index (χ2n) is 3.98. The zero-order chi connectivity index (χ0) is 11.5. The predicted molar refractivity (Wildman–Crippen MR) is 57.5 cm³/mol. The van der Waals surface area contributed by atoms with Crippen LogP contribution in [0, 0.1) is 11.6 Å². The monoisotopic (exact) mass is 227 g/mol. The van der Waals surface area contributed by atoms with Gasteiger partial charge in [0.2, 0.25) is 0 Å². The number of rotatable bonds is 2. The lowest BCUT2D eigenvalue weighted by Gasteiger charge is -2.25. The largest absolute Gasteiger partial charge is 0.493 e. The highest BCUT2D eigenvalue weighted by atomic mass is 19.1. The standard InChI is InChI=1S/C12H15F2NO/c1-16-12-9(14)6-5-8(13)11(12)10-4-2-3-7-15-10/h5-6,10,15H,2-4,7H2,1H3. The smallest absolute Gasteiger partial charge is 0.165 e. The molecule has 4 heteroatoms. The summed E-state index contributed by atoms with van der Waals surface area (Å²) in [4.78, 5) is 0. The van der Waals surface area contributed by atoms with E-state index in [2.05, 4.69) is 5.32 Å². The van der Waals surface area contributed by atoms with E-state index in [1.165, 1.54) is 7.11 Å². The summed E-state index contributed by atoms with van der Waals surface area (Å²) in [6.45, 7) is 0.837. The molecule has 1 aliphatic rings. The van der Waals surface area contributed by atoms with Crippen LogP contribution in [0.1, 0.15) is 30.9 Å². The number of halogens is 2. The van der Waals surface area contributed by atoms with Gasteiger partial charge in [0, 0.05) is 11.6 Å². The summed E-state index contributed by atoms with van der Waals surface area (Å²) >= 11 is 0. The van der Waals surface area contributed by atoms with Gasteiger partial charge in [-0.3, -0.25) is 0 Å². The summed E-state index contributed by atoms with van der Waals surface area (Å²) < 4.78 is 32.1. The van der Waals surface area contributed by atoms with E-state index >= 15 is 0 Å². The lowest BCUT2D eigenvalue weighted by atomic mass is 9.96. The van der Waals surface area contributed by atoms with E-state index in [1.54, 1.807) is 0 Å². The van der Waals surface area contributed by atoms with Crippen LogP contribution in [0.3, 0.4) is 0 Å². The van der Waals surface area contributed by atoms with Gasteiger partial charge in [0.25, 0.3) is 0 Å². The van der Waals surface area contributed by atoms with Gasteiger partial charge in [-0.1, -0.05) is 6.42 Å². The molecule has 0 bridgehead atoms. The molecule has 0 amide bonds. The fourth-order valence-electron chi connectivity index (χ4n) is 2.18. The molecular formula is C12H15F2NO. The second-order valence-corrected chi connectivity index (χ2v) is 3.98. The van der Waals surface area contributed by atoms with E-state index in [1.807, 2.05) is 0 Å². The van der Waals surface area contributed by atoms with Crippen LogP contribution in [0.15, 0.2) is 12.1 Å². The molecular weight excluding hydrogens is 212 g/mol. The molecule has 1 unspecified atom stereocenters. The SMILES string of the molecule is COc1c(F)ccc(F)c1C1CCCCN1. The van der Waals surface area contributed by atoms with Crippen LogP contribution in [0.25, 0.3) is 0 Å². The Balaban J connectivity index is 2.40. The average molecular weight is 227 g/mol. The van der Waals surface area contributed by atoms with Crippen molar-refractivity contribution in [1.29, 1.82) is 0 Å². The van der Waals surface area contributed by atoms with Crippen LogP contribution < -0.4 is 10.1 Å². The van der Waals surface area contributed by atoms with Crippen molar-refractivity contribution in [3.05, 3.63) is 29.3 Å². The number of methoxy groups -OCH3 is 1. The molecule has 1 atom stereocenters. The summed E-state index contributed by atoms with van der Waals surface area (Å²) in [6, 6.07) is 2.11. The lowest BCUT2D eigenvalue weighted by Crippen LogP contribution is -2.28. The minimum atomic E-state index is -0.508. The summed E-state index contributed by atoms with van der Waals surface area (Å²) in [5, 5.41) is 3.19. The number of piperidine rings is 1. The Bertz CT molecular complexity index is 376. The van der Waals surface area contributed by atoms with E-state index in [9.17, 15) is 8.78 Å². The van der Waals surface area contributed by atoms with E-state index in [-0.39, 0.29) is 11.8 Å². The van der Waals surface area contributed by atoms with Crippen molar-refractivity contribution in [2.45, 2.75) is 25.3 Å². The molecule has 1 saturated heterocycles. The van der Waals surface area contributed by atoms with Gasteiger partial charge in [-0.25, -0.2) is 8.78 Å². The van der Waals surface area contributed by atoms with Crippen molar-refractivity contribution in [3.63, 3.8) is 0 Å². The molecule has 0 aliphatic carbocycles. The van der Waals surface area contributed by atoms with Gasteiger partial charge in [0.05, 0.1) is 7.11 Å². The lowest BCUT2D eigenvalue weighted by molar-refractivity contribution is 0.345. The molecule has 1 fully saturated rings. The van der Waals surface area contributed by atoms with Gasteiger partial charge >= 0.3 is 0 Å². The van der Waals surface area contributed by atoms with Crippen molar-refractivity contribution in [2.24, 2.45) is 0 Å². The maximum absolute atomic E-state index is 13.7. The van der Waals surface area contributed by atoms with Gasteiger partial charge < -0.3 is 10.1 Å². The fraction of sp³-hybridized carbons (Fsp3) is 0.500. The first-order valence-corrected chi connectivity index (χ1v) is 5.49. The Kier molecular flexibility index (Phi) is 3.39. The molecule has 2 nitrogen and oxygen atoms in total. The first-order chi connectivity index (χ1) is 7.74. The van der Waals surface area contributed by atoms with Crippen molar-refractivity contribution >= 4 is 0 Å². The third-order valence-electron chi connectivity index (χ3n) is 2.96. The van der Waals surface area contributed by atoms with Crippen LogP contribution in [-0.4, -0.2) is 13.7 Å². The van der Waals surface area contributed by atoms with Crippen LogP contribution in [0.4, 0.5) is 8.78 Å². The first-order valence-electron chi connectivity index (χ1n) is 5.49. The van der Waals surface area contributed by atoms with Crippen LogP contribution >= 0.6 is 0 Å². The maximum Gasteiger partial charge on any atom is 0.165 e. The zero-order valence-electron chi connectivity index (χ0n) is 9.22. The molecule has 16 heavy (non-hydrogen) atoms. The Labute approximate surface area is 93.6 Å². The molecule has 1 aromatic rings. The predicted octanol–water partition coefficient (Wildman–Crippen LogP) is 2.79. The first kappa shape index (κ1) is 11.3. The van der Waals surface area contributed by atoms with E-state index in [0.717, 1.165) is 37.9 Å². The van der Waals surface area contributed by atoms with Gasteiger partial charge in [-0.15, -0.1) is 0 Å². The molecule has 1 aromatic carbocycles. The van der Waals surface area contributed by atoms with E-state index in [0.29, 0.717) is 5.56 Å². The van der Waals surface area contributed by atoms with Crippen LogP contribution in [0.2, 0.25) is 0 Å². The molecule has 1 heterocycles. The third-order valence-corrected chi connectivity index (χ3v) is 2.96. The van der Waals surface area contributed by atoms with Crippen LogP contribution in [0.5, 0.6) is 5.75 Å².